The molecule has 4 saturated carbocycles. The topological polar surface area (TPSA) is 62.4 Å². The molecule has 5 rings (SSSR count). The Hall–Kier alpha value is -1.30. The van der Waals surface area contributed by atoms with Gasteiger partial charge in [-0.25, -0.2) is 0 Å². The van der Waals surface area contributed by atoms with Gasteiger partial charge in [0.25, 0.3) is 5.91 Å². The van der Waals surface area contributed by atoms with Crippen LogP contribution in [0.25, 0.3) is 0 Å². The minimum Gasteiger partial charge on any atom is -0.384 e. The highest BCUT2D eigenvalue weighted by Crippen LogP contribution is 2.78. The Labute approximate surface area is 184 Å². The molecule has 1 amide bonds. The number of carbonyl (C=O) groups is 1. The summed E-state index contributed by atoms with van der Waals surface area (Å²) in [7, 11) is 1.70. The van der Waals surface area contributed by atoms with Crippen molar-refractivity contribution in [1.29, 1.82) is 0 Å². The zero-order valence-corrected chi connectivity index (χ0v) is 18.7. The summed E-state index contributed by atoms with van der Waals surface area (Å²) in [6.45, 7) is 3.96. The van der Waals surface area contributed by atoms with Crippen LogP contribution in [0.3, 0.4) is 0 Å². The molecule has 0 saturated heterocycles. The number of ether oxygens (including phenoxy) is 1. The second-order valence-electron chi connectivity index (χ2n) is 10.3. The zero-order chi connectivity index (χ0) is 20.8. The van der Waals surface area contributed by atoms with Gasteiger partial charge in [-0.1, -0.05) is 11.6 Å². The summed E-state index contributed by atoms with van der Waals surface area (Å²) in [5.41, 5.74) is 2.49. The molecule has 0 heterocycles. The third kappa shape index (κ3) is 3.53. The Kier molecular flexibility index (Phi) is 5.49. The van der Waals surface area contributed by atoms with Gasteiger partial charge in [-0.3, -0.25) is 4.79 Å². The van der Waals surface area contributed by atoms with E-state index in [0.29, 0.717) is 28.0 Å². The predicted octanol–water partition coefficient (Wildman–Crippen LogP) is 3.93. The van der Waals surface area contributed by atoms with Crippen molar-refractivity contribution in [2.45, 2.75) is 38.5 Å². The quantitative estimate of drug-likeness (QED) is 0.491. The number of nitrogens with one attached hydrogen (secondary N) is 3. The van der Waals surface area contributed by atoms with Gasteiger partial charge >= 0.3 is 0 Å². The number of hydrogen-bond acceptors (Lipinski definition) is 4. The molecular formula is C24H34ClN3O2. The van der Waals surface area contributed by atoms with Crippen molar-refractivity contribution in [3.8, 4) is 0 Å². The normalized spacial score (nSPS) is 35.2. The lowest BCUT2D eigenvalue weighted by Crippen LogP contribution is -2.43. The molecule has 4 aliphatic rings. The van der Waals surface area contributed by atoms with Crippen molar-refractivity contribution in [1.82, 2.24) is 10.6 Å². The van der Waals surface area contributed by atoms with E-state index in [0.717, 1.165) is 49.6 Å². The lowest BCUT2D eigenvalue weighted by Gasteiger charge is -2.49. The summed E-state index contributed by atoms with van der Waals surface area (Å²) in [5, 5.41) is 10.5. The van der Waals surface area contributed by atoms with Crippen molar-refractivity contribution in [3.05, 3.63) is 28.8 Å². The van der Waals surface area contributed by atoms with E-state index in [4.69, 9.17) is 16.3 Å². The fraction of sp³-hybridized carbons (Fsp3) is 0.708. The van der Waals surface area contributed by atoms with Crippen molar-refractivity contribution in [3.63, 3.8) is 0 Å². The zero-order valence-electron chi connectivity index (χ0n) is 17.9. The number of fused-ring (bicyclic) bond motifs is 2. The highest BCUT2D eigenvalue weighted by Gasteiger charge is 2.70. The molecular weight excluding hydrogens is 398 g/mol. The largest absolute Gasteiger partial charge is 0.384 e. The van der Waals surface area contributed by atoms with Crippen LogP contribution < -0.4 is 16.0 Å². The number of amides is 1. The molecule has 5 atom stereocenters. The van der Waals surface area contributed by atoms with Gasteiger partial charge in [-0.15, -0.1) is 0 Å². The predicted molar refractivity (Wildman–Crippen MR) is 120 cm³/mol. The van der Waals surface area contributed by atoms with Crippen LogP contribution in [0, 0.1) is 28.6 Å². The van der Waals surface area contributed by atoms with E-state index in [2.05, 4.69) is 16.0 Å². The average molecular weight is 432 g/mol. The van der Waals surface area contributed by atoms with Crippen LogP contribution in [0.15, 0.2) is 18.2 Å². The van der Waals surface area contributed by atoms with Crippen molar-refractivity contribution >= 4 is 23.2 Å². The molecule has 5 unspecified atom stereocenters. The summed E-state index contributed by atoms with van der Waals surface area (Å²) >= 11 is 6.38. The van der Waals surface area contributed by atoms with Gasteiger partial charge in [-0.2, -0.15) is 0 Å². The van der Waals surface area contributed by atoms with E-state index in [1.165, 1.54) is 38.5 Å². The Morgan fingerprint density at radius 3 is 2.93 bits per heavy atom. The Morgan fingerprint density at radius 2 is 2.07 bits per heavy atom. The summed E-state index contributed by atoms with van der Waals surface area (Å²) in [5.74, 6) is 2.79. The van der Waals surface area contributed by atoms with Gasteiger partial charge in [0.2, 0.25) is 0 Å². The minimum absolute atomic E-state index is 0.0394. The maximum atomic E-state index is 13.0. The summed E-state index contributed by atoms with van der Waals surface area (Å²) < 4.78 is 5.03. The fourth-order valence-corrected chi connectivity index (χ4v) is 7.71. The standard InChI is InChI=1S/C24H34ClN3O2/c1-30-7-6-26-4-5-27-19-2-3-21(25)20(10-19)22(29)28-15-23-11-16-8-17-9-18(13-23)24(17,12-16)14-23/h2-3,10,16-18,26-27H,4-9,11-15H2,1H3,(H,28,29). The fourth-order valence-electron chi connectivity index (χ4n) is 7.51. The molecule has 164 valence electrons. The molecule has 1 spiro atoms. The Balaban J connectivity index is 1.17. The lowest BCUT2D eigenvalue weighted by atomic mass is 9.55. The van der Waals surface area contributed by atoms with Crippen LogP contribution in [0.4, 0.5) is 5.69 Å². The SMILES string of the molecule is COCCNCCNc1ccc(Cl)c(C(=O)NCC23CC4CC5CC(C2)C5(C4)C3)c1. The van der Waals surface area contributed by atoms with Crippen molar-refractivity contribution < 1.29 is 9.53 Å². The van der Waals surface area contributed by atoms with Gasteiger partial charge in [0.1, 0.15) is 0 Å². The van der Waals surface area contributed by atoms with E-state index in [-0.39, 0.29) is 5.91 Å². The van der Waals surface area contributed by atoms with Crippen LogP contribution in [0.2, 0.25) is 5.02 Å². The molecule has 6 heteroatoms. The van der Waals surface area contributed by atoms with E-state index < -0.39 is 0 Å². The van der Waals surface area contributed by atoms with Crippen LogP contribution in [0.5, 0.6) is 0 Å². The molecule has 4 fully saturated rings. The molecule has 30 heavy (non-hydrogen) atoms. The summed E-state index contributed by atoms with van der Waals surface area (Å²) in [4.78, 5) is 13.0. The molecule has 5 nitrogen and oxygen atoms in total. The third-order valence-corrected chi connectivity index (χ3v) is 8.87. The van der Waals surface area contributed by atoms with Crippen LogP contribution in [0.1, 0.15) is 48.9 Å². The second-order valence-corrected chi connectivity index (χ2v) is 10.7. The number of hydrogen-bond donors (Lipinski definition) is 3. The van der Waals surface area contributed by atoms with Gasteiger partial charge in [0.15, 0.2) is 0 Å². The van der Waals surface area contributed by atoms with Gasteiger partial charge in [-0.05, 0) is 85.3 Å². The minimum atomic E-state index is -0.0394. The molecule has 1 aromatic rings. The molecule has 3 N–H and O–H groups in total. The maximum Gasteiger partial charge on any atom is 0.252 e. The van der Waals surface area contributed by atoms with E-state index in [1.807, 2.05) is 18.2 Å². The smallest absolute Gasteiger partial charge is 0.252 e. The summed E-state index contributed by atoms with van der Waals surface area (Å²) in [6.07, 6.45) is 8.35. The summed E-state index contributed by atoms with van der Waals surface area (Å²) in [6, 6.07) is 5.62. The first kappa shape index (κ1) is 20.6. The third-order valence-electron chi connectivity index (χ3n) is 8.54. The molecule has 0 aliphatic heterocycles. The molecule has 0 radical (unpaired) electrons. The molecule has 4 aliphatic carbocycles. The number of methoxy groups -OCH3 is 1. The maximum absolute atomic E-state index is 13.0. The molecule has 0 aromatic heterocycles. The average Bonchev–Trinajstić information content (AvgIpc) is 3.05. The van der Waals surface area contributed by atoms with Crippen molar-refractivity contribution in [2.24, 2.45) is 28.6 Å². The second kappa shape index (κ2) is 7.99. The van der Waals surface area contributed by atoms with Crippen LogP contribution in [-0.4, -0.2) is 45.8 Å². The Bertz CT molecular complexity index is 814. The monoisotopic (exact) mass is 431 g/mol. The first-order valence-corrected chi connectivity index (χ1v) is 11.9. The van der Waals surface area contributed by atoms with Crippen LogP contribution in [-0.2, 0) is 4.74 Å². The number of anilines is 1. The number of halogens is 1. The van der Waals surface area contributed by atoms with Crippen molar-refractivity contribution in [2.75, 3.05) is 45.2 Å². The number of carbonyl (C=O) groups excluding carboxylic acids is 1. The molecule has 3 bridgehead atoms. The highest BCUT2D eigenvalue weighted by atomic mass is 35.5. The Morgan fingerprint density at radius 1 is 1.17 bits per heavy atom. The van der Waals surface area contributed by atoms with Gasteiger partial charge < -0.3 is 20.7 Å². The molecule has 1 aromatic carbocycles. The van der Waals surface area contributed by atoms with E-state index in [1.54, 1.807) is 7.11 Å². The van der Waals surface area contributed by atoms with E-state index >= 15 is 0 Å². The lowest BCUT2D eigenvalue weighted by molar-refractivity contribution is -0.00253. The highest BCUT2D eigenvalue weighted by molar-refractivity contribution is 6.34. The first-order chi connectivity index (χ1) is 14.5. The van der Waals surface area contributed by atoms with Crippen LogP contribution >= 0.6 is 11.6 Å². The van der Waals surface area contributed by atoms with E-state index in [9.17, 15) is 4.79 Å². The van der Waals surface area contributed by atoms with Gasteiger partial charge in [0, 0.05) is 39.0 Å². The first-order valence-electron chi connectivity index (χ1n) is 11.5. The number of rotatable bonds is 10. The number of benzene rings is 1. The van der Waals surface area contributed by atoms with Gasteiger partial charge in [0.05, 0.1) is 17.2 Å².